The van der Waals surface area contributed by atoms with Crippen LogP contribution in [-0.4, -0.2) is 41.0 Å². The van der Waals surface area contributed by atoms with Crippen LogP contribution in [0.15, 0.2) is 47.7 Å². The van der Waals surface area contributed by atoms with E-state index in [1.807, 2.05) is 29.7 Å². The molecule has 0 unspecified atom stereocenters. The number of hydrogen-bond donors (Lipinski definition) is 1. The molecule has 1 aromatic heterocycles. The summed E-state index contributed by atoms with van der Waals surface area (Å²) in [6, 6.07) is 10.4. The lowest BCUT2D eigenvalue weighted by molar-refractivity contribution is 0.458. The van der Waals surface area contributed by atoms with Gasteiger partial charge in [0.15, 0.2) is 0 Å². The van der Waals surface area contributed by atoms with Gasteiger partial charge < -0.3 is 5.73 Å². The smallest absolute Gasteiger partial charge is 0.239 e. The predicted octanol–water partition coefficient (Wildman–Crippen LogP) is 2.28. The van der Waals surface area contributed by atoms with Gasteiger partial charge in [0, 0.05) is 18.3 Å². The predicted molar refractivity (Wildman–Crippen MR) is 106 cm³/mol. The summed E-state index contributed by atoms with van der Waals surface area (Å²) in [4.78, 5) is 8.70. The van der Waals surface area contributed by atoms with Gasteiger partial charge in [0.05, 0.1) is 16.8 Å². The van der Waals surface area contributed by atoms with Crippen molar-refractivity contribution in [1.29, 1.82) is 0 Å². The molecule has 4 rings (SSSR count). The first-order chi connectivity index (χ1) is 13.1. The van der Waals surface area contributed by atoms with Crippen molar-refractivity contribution in [3.05, 3.63) is 59.7 Å². The summed E-state index contributed by atoms with van der Waals surface area (Å²) in [5.41, 5.74) is 8.07. The van der Waals surface area contributed by atoms with Crippen LogP contribution < -0.4 is 5.73 Å². The molecule has 2 heterocycles. The summed E-state index contributed by atoms with van der Waals surface area (Å²) >= 11 is 0. The highest BCUT2D eigenvalue weighted by atomic mass is 32.2. The normalized spacial score (nSPS) is 21.7. The number of nitrogens with two attached hydrogens (primary N) is 1. The molecule has 0 bridgehead atoms. The molecule has 0 fully saturated rings. The van der Waals surface area contributed by atoms with Gasteiger partial charge in [0.2, 0.25) is 16.0 Å². The number of guanidine groups is 1. The molecular formula is C19H20FN5O2S. The van der Waals surface area contributed by atoms with Gasteiger partial charge in [-0.25, -0.2) is 27.1 Å². The molecule has 0 radical (unpaired) electrons. The zero-order chi connectivity index (χ0) is 20.3. The summed E-state index contributed by atoms with van der Waals surface area (Å²) in [7, 11) is -2.36. The van der Waals surface area contributed by atoms with Crippen molar-refractivity contribution in [2.75, 3.05) is 12.8 Å². The number of aryl methyl sites for hydroxylation is 1. The molecule has 9 heteroatoms. The van der Waals surface area contributed by atoms with Gasteiger partial charge in [0.1, 0.15) is 17.7 Å². The van der Waals surface area contributed by atoms with Crippen molar-refractivity contribution >= 4 is 27.0 Å². The quantitative estimate of drug-likeness (QED) is 0.713. The van der Waals surface area contributed by atoms with Gasteiger partial charge >= 0.3 is 0 Å². The van der Waals surface area contributed by atoms with Crippen LogP contribution in [-0.2, 0) is 15.6 Å². The highest BCUT2D eigenvalue weighted by Gasteiger charge is 2.41. The Hall–Kier alpha value is -2.94. The highest BCUT2D eigenvalue weighted by molar-refractivity contribution is 7.89. The number of nitrogens with zero attached hydrogens (tertiary/aromatic N) is 4. The van der Waals surface area contributed by atoms with Crippen LogP contribution in [0.5, 0.6) is 0 Å². The number of imidazole rings is 1. The number of benzene rings is 2. The molecule has 7 nitrogen and oxygen atoms in total. The molecule has 0 amide bonds. The van der Waals surface area contributed by atoms with E-state index in [-0.39, 0.29) is 17.3 Å². The van der Waals surface area contributed by atoms with Crippen LogP contribution in [0.25, 0.3) is 16.7 Å². The first-order valence-corrected chi connectivity index (χ1v) is 10.3. The van der Waals surface area contributed by atoms with Crippen LogP contribution in [0.1, 0.15) is 18.1 Å². The Bertz CT molecular complexity index is 1230. The van der Waals surface area contributed by atoms with Gasteiger partial charge in [-0.2, -0.15) is 0 Å². The van der Waals surface area contributed by atoms with Crippen molar-refractivity contribution in [2.24, 2.45) is 10.7 Å². The number of halogens is 1. The molecule has 0 spiro atoms. The van der Waals surface area contributed by atoms with Crippen LogP contribution in [0, 0.1) is 12.7 Å². The van der Waals surface area contributed by atoms with Gasteiger partial charge in [0.25, 0.3) is 0 Å². The lowest BCUT2D eigenvalue weighted by Crippen LogP contribution is -2.50. The third kappa shape index (κ3) is 2.82. The molecule has 3 aromatic rings. The average Bonchev–Trinajstić information content (AvgIpc) is 3.02. The lowest BCUT2D eigenvalue weighted by atomic mass is 9.93. The third-order valence-electron chi connectivity index (χ3n) is 5.08. The number of aliphatic imine (C=N–C) groups is 1. The minimum atomic E-state index is -3.70. The third-order valence-corrected chi connectivity index (χ3v) is 7.02. The number of sulfonamides is 1. The van der Waals surface area contributed by atoms with E-state index in [9.17, 15) is 12.8 Å². The van der Waals surface area contributed by atoms with E-state index in [0.717, 1.165) is 20.9 Å². The Morgan fingerprint density at radius 1 is 1.21 bits per heavy atom. The second-order valence-corrected chi connectivity index (χ2v) is 9.24. The molecular weight excluding hydrogens is 381 g/mol. The van der Waals surface area contributed by atoms with Crippen molar-refractivity contribution in [3.8, 4) is 5.69 Å². The Morgan fingerprint density at radius 3 is 2.68 bits per heavy atom. The summed E-state index contributed by atoms with van der Waals surface area (Å²) in [5.74, 6) is -1.08. The molecule has 1 aliphatic heterocycles. The van der Waals surface area contributed by atoms with E-state index in [4.69, 9.17) is 5.73 Å². The largest absolute Gasteiger partial charge is 0.369 e. The zero-order valence-electron chi connectivity index (χ0n) is 15.7. The van der Waals surface area contributed by atoms with Crippen molar-refractivity contribution in [1.82, 2.24) is 13.9 Å². The maximum atomic E-state index is 14.7. The molecule has 1 aliphatic rings. The first-order valence-electron chi connectivity index (χ1n) is 8.67. The Balaban J connectivity index is 1.88. The van der Waals surface area contributed by atoms with Gasteiger partial charge in [-0.3, -0.25) is 4.57 Å². The number of hydrogen-bond acceptors (Lipinski definition) is 5. The van der Waals surface area contributed by atoms with E-state index in [2.05, 4.69) is 9.98 Å². The number of aromatic nitrogens is 2. The SMILES string of the molecule is Cc1ccc2c(c1)ncn2-c1ccc(F)c([C@]2(C)CS(=O)(=O)N(C)C(N)=N2)c1. The maximum Gasteiger partial charge on any atom is 0.239 e. The molecule has 28 heavy (non-hydrogen) atoms. The molecule has 2 N–H and O–H groups in total. The zero-order valence-corrected chi connectivity index (χ0v) is 16.5. The molecule has 1 atom stereocenters. The average molecular weight is 401 g/mol. The lowest BCUT2D eigenvalue weighted by Gasteiger charge is -2.34. The van der Waals surface area contributed by atoms with E-state index < -0.39 is 21.4 Å². The summed E-state index contributed by atoms with van der Waals surface area (Å²) in [5, 5.41) is 0. The van der Waals surface area contributed by atoms with Crippen LogP contribution in [0.3, 0.4) is 0 Å². The van der Waals surface area contributed by atoms with E-state index in [1.165, 1.54) is 13.1 Å². The minimum absolute atomic E-state index is 0.165. The highest BCUT2D eigenvalue weighted by Crippen LogP contribution is 2.35. The Labute approximate surface area is 162 Å². The molecule has 2 aromatic carbocycles. The van der Waals surface area contributed by atoms with Crippen molar-refractivity contribution in [3.63, 3.8) is 0 Å². The molecule has 0 aliphatic carbocycles. The van der Waals surface area contributed by atoms with Crippen molar-refractivity contribution < 1.29 is 12.8 Å². The van der Waals surface area contributed by atoms with Gasteiger partial charge in [-0.1, -0.05) is 6.07 Å². The minimum Gasteiger partial charge on any atom is -0.369 e. The Kier molecular flexibility index (Phi) is 3.97. The maximum absolute atomic E-state index is 14.7. The molecule has 0 saturated heterocycles. The molecule has 0 saturated carbocycles. The fourth-order valence-corrected chi connectivity index (χ4v) is 4.94. The second kappa shape index (κ2) is 6.03. The second-order valence-electron chi connectivity index (χ2n) is 7.24. The standard InChI is InChI=1S/C19H20FN5O2S/c1-12-4-7-17-16(8-12)22-11-25(17)13-5-6-15(20)14(9-13)19(2)10-28(26,27)24(3)18(21)23-19/h4-9,11H,10H2,1-3H3,(H2,21,23)/t19-/m0/s1. The van der Waals surface area contributed by atoms with Gasteiger partial charge in [-0.05, 0) is 49.7 Å². The summed E-state index contributed by atoms with van der Waals surface area (Å²) in [6.07, 6.45) is 1.66. The number of fused-ring (bicyclic) bond motifs is 1. The summed E-state index contributed by atoms with van der Waals surface area (Å²) < 4.78 is 42.4. The van der Waals surface area contributed by atoms with Crippen LogP contribution in [0.4, 0.5) is 4.39 Å². The molecule has 146 valence electrons. The number of rotatable bonds is 2. The van der Waals surface area contributed by atoms with Gasteiger partial charge in [-0.15, -0.1) is 0 Å². The monoisotopic (exact) mass is 401 g/mol. The van der Waals surface area contributed by atoms with Crippen LogP contribution >= 0.6 is 0 Å². The van der Waals surface area contributed by atoms with E-state index >= 15 is 0 Å². The Morgan fingerprint density at radius 2 is 1.96 bits per heavy atom. The fraction of sp³-hybridized carbons (Fsp3) is 0.263. The topological polar surface area (TPSA) is 93.6 Å². The fourth-order valence-electron chi connectivity index (χ4n) is 3.49. The van der Waals surface area contributed by atoms with Crippen LogP contribution in [0.2, 0.25) is 0 Å². The van der Waals surface area contributed by atoms with Crippen molar-refractivity contribution in [2.45, 2.75) is 19.4 Å². The summed E-state index contributed by atoms with van der Waals surface area (Å²) in [6.45, 7) is 3.56. The first kappa shape index (κ1) is 18.4. The van der Waals surface area contributed by atoms with E-state index in [1.54, 1.807) is 25.4 Å². The van der Waals surface area contributed by atoms with E-state index in [0.29, 0.717) is 5.69 Å².